The Morgan fingerprint density at radius 2 is 1.54 bits per heavy atom. The van der Waals surface area contributed by atoms with Gasteiger partial charge in [0.15, 0.2) is 0 Å². The van der Waals surface area contributed by atoms with E-state index in [1.54, 1.807) is 4.90 Å². The number of hydrogen-bond donors (Lipinski definition) is 0. The molecule has 3 heteroatoms. The molecule has 0 aromatic heterocycles. The van der Waals surface area contributed by atoms with Crippen LogP contribution in [-0.4, -0.2) is 23.3 Å². The lowest BCUT2D eigenvalue weighted by Crippen LogP contribution is -2.54. The van der Waals surface area contributed by atoms with Gasteiger partial charge in [0.05, 0.1) is 5.41 Å². The molecular formula is C21H25NO2. The number of likely N-dealkylation sites (tertiary alicyclic amines) is 1. The zero-order valence-corrected chi connectivity index (χ0v) is 14.1. The number of imide groups is 1. The summed E-state index contributed by atoms with van der Waals surface area (Å²) in [6.45, 7) is 0.587. The Bertz CT molecular complexity index is 645. The van der Waals surface area contributed by atoms with E-state index in [1.807, 2.05) is 18.2 Å². The second-order valence-electron chi connectivity index (χ2n) is 8.82. The minimum Gasteiger partial charge on any atom is -0.282 e. The molecule has 4 saturated carbocycles. The SMILES string of the molecule is O=C1CC(c2ccccc2)CN1C(=O)C12CC3CC(CC(C3)C1)C2. The summed E-state index contributed by atoms with van der Waals surface area (Å²) < 4.78 is 0. The monoisotopic (exact) mass is 323 g/mol. The molecule has 2 amide bonds. The molecule has 6 rings (SSSR count). The van der Waals surface area contributed by atoms with E-state index in [0.29, 0.717) is 13.0 Å². The third kappa shape index (κ3) is 2.17. The van der Waals surface area contributed by atoms with Gasteiger partial charge in [0.1, 0.15) is 0 Å². The molecule has 3 nitrogen and oxygen atoms in total. The summed E-state index contributed by atoms with van der Waals surface area (Å²) in [4.78, 5) is 27.6. The van der Waals surface area contributed by atoms with Crippen molar-refractivity contribution < 1.29 is 9.59 Å². The fraction of sp³-hybridized carbons (Fsp3) is 0.619. The second kappa shape index (κ2) is 5.18. The van der Waals surface area contributed by atoms with Crippen molar-refractivity contribution in [3.8, 4) is 0 Å². The second-order valence-corrected chi connectivity index (χ2v) is 8.82. The average molecular weight is 323 g/mol. The zero-order chi connectivity index (χ0) is 16.3. The summed E-state index contributed by atoms with van der Waals surface area (Å²) in [5, 5.41) is 0. The van der Waals surface area contributed by atoms with Gasteiger partial charge in [-0.15, -0.1) is 0 Å². The lowest BCUT2D eigenvalue weighted by molar-refractivity contribution is -0.161. The fourth-order valence-corrected chi connectivity index (χ4v) is 6.51. The van der Waals surface area contributed by atoms with Gasteiger partial charge in [-0.05, 0) is 61.8 Å². The smallest absolute Gasteiger partial charge is 0.235 e. The van der Waals surface area contributed by atoms with Crippen LogP contribution in [0.1, 0.15) is 56.4 Å². The van der Waals surface area contributed by atoms with Crippen LogP contribution < -0.4 is 0 Å². The molecule has 5 fully saturated rings. The van der Waals surface area contributed by atoms with Crippen molar-refractivity contribution in [3.05, 3.63) is 35.9 Å². The summed E-state index contributed by atoms with van der Waals surface area (Å²) in [6.07, 6.45) is 7.59. The van der Waals surface area contributed by atoms with Crippen molar-refractivity contribution in [2.45, 2.75) is 50.9 Å². The first kappa shape index (κ1) is 14.7. The van der Waals surface area contributed by atoms with Crippen molar-refractivity contribution >= 4 is 11.8 Å². The molecule has 1 aromatic rings. The van der Waals surface area contributed by atoms with Crippen LogP contribution in [0.25, 0.3) is 0 Å². The minimum absolute atomic E-state index is 0.0459. The van der Waals surface area contributed by atoms with Gasteiger partial charge in [0.2, 0.25) is 11.8 Å². The molecule has 1 aromatic carbocycles. The number of carbonyl (C=O) groups excluding carboxylic acids is 2. The normalized spacial score (nSPS) is 40.3. The first-order chi connectivity index (χ1) is 11.6. The Balaban J connectivity index is 1.39. The van der Waals surface area contributed by atoms with Gasteiger partial charge in [0.25, 0.3) is 0 Å². The maximum absolute atomic E-state index is 13.4. The molecule has 0 N–H and O–H groups in total. The molecule has 0 spiro atoms. The van der Waals surface area contributed by atoms with Gasteiger partial charge in [0, 0.05) is 18.9 Å². The summed E-state index contributed by atoms with van der Waals surface area (Å²) in [6, 6.07) is 10.2. The Morgan fingerprint density at radius 3 is 2.12 bits per heavy atom. The quantitative estimate of drug-likeness (QED) is 0.777. The molecule has 126 valence electrons. The lowest BCUT2D eigenvalue weighted by Gasteiger charge is -2.56. The van der Waals surface area contributed by atoms with Gasteiger partial charge >= 0.3 is 0 Å². The Hall–Kier alpha value is -1.64. The fourth-order valence-electron chi connectivity index (χ4n) is 6.51. The molecule has 4 aliphatic carbocycles. The highest BCUT2D eigenvalue weighted by molar-refractivity contribution is 6.00. The third-order valence-electron chi connectivity index (χ3n) is 7.13. The van der Waals surface area contributed by atoms with Crippen LogP contribution >= 0.6 is 0 Å². The van der Waals surface area contributed by atoms with Crippen LogP contribution in [0.3, 0.4) is 0 Å². The summed E-state index contributed by atoms with van der Waals surface area (Å²) in [5.74, 6) is 2.61. The maximum atomic E-state index is 13.4. The van der Waals surface area contributed by atoms with E-state index in [2.05, 4.69) is 12.1 Å². The Labute approximate surface area is 143 Å². The van der Waals surface area contributed by atoms with Crippen molar-refractivity contribution in [1.82, 2.24) is 4.90 Å². The third-order valence-corrected chi connectivity index (χ3v) is 7.13. The van der Waals surface area contributed by atoms with Crippen LogP contribution in [0.15, 0.2) is 30.3 Å². The van der Waals surface area contributed by atoms with Gasteiger partial charge in [-0.3, -0.25) is 14.5 Å². The first-order valence-electron chi connectivity index (χ1n) is 9.53. The van der Waals surface area contributed by atoms with Crippen LogP contribution in [0.5, 0.6) is 0 Å². The predicted octanol–water partition coefficient (Wildman–Crippen LogP) is 3.75. The van der Waals surface area contributed by atoms with E-state index < -0.39 is 0 Å². The number of hydrogen-bond acceptors (Lipinski definition) is 2. The molecular weight excluding hydrogens is 298 g/mol. The van der Waals surface area contributed by atoms with Crippen molar-refractivity contribution in [2.75, 3.05) is 6.54 Å². The molecule has 1 atom stereocenters. The lowest BCUT2D eigenvalue weighted by atomic mass is 9.49. The van der Waals surface area contributed by atoms with Crippen LogP contribution in [0.4, 0.5) is 0 Å². The molecule has 4 bridgehead atoms. The van der Waals surface area contributed by atoms with Crippen molar-refractivity contribution in [1.29, 1.82) is 0 Å². The number of rotatable bonds is 2. The molecule has 1 unspecified atom stereocenters. The largest absolute Gasteiger partial charge is 0.282 e. The highest BCUT2D eigenvalue weighted by Gasteiger charge is 2.56. The van der Waals surface area contributed by atoms with Crippen molar-refractivity contribution in [2.24, 2.45) is 23.2 Å². The summed E-state index contributed by atoms with van der Waals surface area (Å²) >= 11 is 0. The van der Waals surface area contributed by atoms with E-state index in [4.69, 9.17) is 0 Å². The van der Waals surface area contributed by atoms with E-state index in [1.165, 1.54) is 24.8 Å². The number of amides is 2. The first-order valence-corrected chi connectivity index (χ1v) is 9.53. The number of carbonyl (C=O) groups is 2. The maximum Gasteiger partial charge on any atom is 0.235 e. The topological polar surface area (TPSA) is 37.4 Å². The minimum atomic E-state index is -0.198. The van der Waals surface area contributed by atoms with E-state index >= 15 is 0 Å². The van der Waals surface area contributed by atoms with Crippen LogP contribution in [-0.2, 0) is 9.59 Å². The number of nitrogens with zero attached hydrogens (tertiary/aromatic N) is 1. The molecule has 1 aliphatic heterocycles. The molecule has 5 aliphatic rings. The molecule has 1 heterocycles. The standard InChI is InChI=1S/C21H25NO2/c23-19-9-18(17-4-2-1-3-5-17)13-22(19)20(24)21-10-14-6-15(11-21)8-16(7-14)12-21/h1-5,14-16,18H,6-13H2. The van der Waals surface area contributed by atoms with E-state index in [9.17, 15) is 9.59 Å². The number of benzene rings is 1. The van der Waals surface area contributed by atoms with Gasteiger partial charge in [-0.1, -0.05) is 30.3 Å². The predicted molar refractivity (Wildman–Crippen MR) is 91.1 cm³/mol. The highest BCUT2D eigenvalue weighted by Crippen LogP contribution is 2.60. The van der Waals surface area contributed by atoms with Gasteiger partial charge in [-0.25, -0.2) is 0 Å². The van der Waals surface area contributed by atoms with Crippen molar-refractivity contribution in [3.63, 3.8) is 0 Å². The molecule has 0 radical (unpaired) electrons. The summed E-state index contributed by atoms with van der Waals surface area (Å²) in [5.41, 5.74) is 0.988. The Morgan fingerprint density at radius 1 is 0.958 bits per heavy atom. The van der Waals surface area contributed by atoms with E-state index in [-0.39, 0.29) is 23.1 Å². The van der Waals surface area contributed by atoms with Gasteiger partial charge in [-0.2, -0.15) is 0 Å². The van der Waals surface area contributed by atoms with Crippen LogP contribution in [0, 0.1) is 23.2 Å². The zero-order valence-electron chi connectivity index (χ0n) is 14.1. The van der Waals surface area contributed by atoms with Crippen LogP contribution in [0.2, 0.25) is 0 Å². The van der Waals surface area contributed by atoms with E-state index in [0.717, 1.165) is 37.0 Å². The van der Waals surface area contributed by atoms with Gasteiger partial charge < -0.3 is 0 Å². The molecule has 24 heavy (non-hydrogen) atoms. The Kier molecular flexibility index (Phi) is 3.17. The average Bonchev–Trinajstić information content (AvgIpc) is 2.95. The highest BCUT2D eigenvalue weighted by atomic mass is 16.2. The molecule has 1 saturated heterocycles. The summed E-state index contributed by atoms with van der Waals surface area (Å²) in [7, 11) is 0.